The van der Waals surface area contributed by atoms with Gasteiger partial charge in [0.15, 0.2) is 0 Å². The van der Waals surface area contributed by atoms with Gasteiger partial charge in [0.1, 0.15) is 12.1 Å². The molecule has 7 heteroatoms. The molecule has 1 saturated carbocycles. The fraction of sp³-hybridized carbons (Fsp3) is 0.444. The van der Waals surface area contributed by atoms with Crippen molar-refractivity contribution < 1.29 is 24.2 Å². The lowest BCUT2D eigenvalue weighted by Gasteiger charge is -2.25. The molecule has 0 spiro atoms. The summed E-state index contributed by atoms with van der Waals surface area (Å²) in [5.74, 6) is -1.12. The van der Waals surface area contributed by atoms with Crippen LogP contribution in [0.1, 0.15) is 68.4 Å². The first-order valence-corrected chi connectivity index (χ1v) is 12.1. The molecule has 0 aliphatic heterocycles. The van der Waals surface area contributed by atoms with Crippen molar-refractivity contribution in [3.05, 3.63) is 59.7 Å². The van der Waals surface area contributed by atoms with E-state index >= 15 is 0 Å². The number of amides is 2. The van der Waals surface area contributed by atoms with Gasteiger partial charge in [-0.25, -0.2) is 9.59 Å². The summed E-state index contributed by atoms with van der Waals surface area (Å²) in [5.41, 5.74) is 3.66. The highest BCUT2D eigenvalue weighted by atomic mass is 16.5. The van der Waals surface area contributed by atoms with Crippen LogP contribution in [0.25, 0.3) is 11.1 Å². The standard InChI is InChI=1S/C27H32N2O5/c30-24(29-27(25(31)32)15-7-8-16-27)14-2-1-9-17-28-26(33)34-18-23-21-12-5-3-10-19(21)20-11-4-6-13-22(20)23/h3-6,10-13,23H,1-2,7-9,14-18H2,(H,28,33)(H,29,30)(H,31,32). The molecule has 2 aromatic rings. The number of hydrogen-bond donors (Lipinski definition) is 3. The smallest absolute Gasteiger partial charge is 0.407 e. The zero-order valence-electron chi connectivity index (χ0n) is 19.3. The van der Waals surface area contributed by atoms with Crippen LogP contribution in [0.15, 0.2) is 48.5 Å². The van der Waals surface area contributed by atoms with E-state index in [0.29, 0.717) is 32.2 Å². The first kappa shape index (κ1) is 23.8. The van der Waals surface area contributed by atoms with Crippen molar-refractivity contribution in [2.75, 3.05) is 13.2 Å². The van der Waals surface area contributed by atoms with Crippen LogP contribution in [0.3, 0.4) is 0 Å². The number of nitrogens with one attached hydrogen (secondary N) is 2. The normalized spacial score (nSPS) is 15.9. The second-order valence-corrected chi connectivity index (χ2v) is 9.21. The number of carbonyl (C=O) groups excluding carboxylic acids is 2. The van der Waals surface area contributed by atoms with Gasteiger partial charge in [0.25, 0.3) is 0 Å². The van der Waals surface area contributed by atoms with Gasteiger partial charge in [0, 0.05) is 18.9 Å². The van der Waals surface area contributed by atoms with Crippen LogP contribution in [-0.2, 0) is 14.3 Å². The molecule has 0 saturated heterocycles. The number of rotatable bonds is 10. The number of carboxylic acids is 1. The summed E-state index contributed by atoms with van der Waals surface area (Å²) in [7, 11) is 0. The van der Waals surface area contributed by atoms with Gasteiger partial charge in [-0.3, -0.25) is 4.79 Å². The van der Waals surface area contributed by atoms with Gasteiger partial charge in [0.2, 0.25) is 5.91 Å². The molecule has 2 aliphatic rings. The van der Waals surface area contributed by atoms with Crippen molar-refractivity contribution in [2.24, 2.45) is 0 Å². The Morgan fingerprint density at radius 3 is 2.15 bits per heavy atom. The van der Waals surface area contributed by atoms with E-state index in [0.717, 1.165) is 25.7 Å². The van der Waals surface area contributed by atoms with Crippen LogP contribution < -0.4 is 10.6 Å². The average molecular weight is 465 g/mol. The Balaban J connectivity index is 1.14. The van der Waals surface area contributed by atoms with E-state index in [1.807, 2.05) is 24.3 Å². The Kier molecular flexibility index (Phi) is 7.50. The number of carboxylic acid groups (broad SMARTS) is 1. The van der Waals surface area contributed by atoms with E-state index < -0.39 is 17.6 Å². The van der Waals surface area contributed by atoms with Gasteiger partial charge in [-0.05, 0) is 47.9 Å². The minimum atomic E-state index is -1.08. The Morgan fingerprint density at radius 1 is 0.912 bits per heavy atom. The van der Waals surface area contributed by atoms with Crippen LogP contribution in [-0.4, -0.2) is 41.8 Å². The molecule has 0 aromatic heterocycles. The van der Waals surface area contributed by atoms with Gasteiger partial charge in [0.05, 0.1) is 0 Å². The van der Waals surface area contributed by atoms with Crippen molar-refractivity contribution in [2.45, 2.75) is 62.8 Å². The molecule has 4 rings (SSSR count). The van der Waals surface area contributed by atoms with Crippen molar-refractivity contribution in [3.63, 3.8) is 0 Å². The predicted molar refractivity (Wildman–Crippen MR) is 129 cm³/mol. The van der Waals surface area contributed by atoms with E-state index in [4.69, 9.17) is 4.74 Å². The highest BCUT2D eigenvalue weighted by Gasteiger charge is 2.42. The topological polar surface area (TPSA) is 105 Å². The molecule has 0 unspecified atom stereocenters. The summed E-state index contributed by atoms with van der Waals surface area (Å²) >= 11 is 0. The van der Waals surface area contributed by atoms with Crippen molar-refractivity contribution >= 4 is 18.0 Å². The third-order valence-corrected chi connectivity index (χ3v) is 6.94. The van der Waals surface area contributed by atoms with E-state index in [2.05, 4.69) is 34.9 Å². The van der Waals surface area contributed by atoms with E-state index in [1.165, 1.54) is 22.3 Å². The molecule has 0 radical (unpaired) electrons. The van der Waals surface area contributed by atoms with E-state index in [-0.39, 0.29) is 18.4 Å². The fourth-order valence-electron chi connectivity index (χ4n) is 5.13. The zero-order valence-corrected chi connectivity index (χ0v) is 19.3. The second-order valence-electron chi connectivity index (χ2n) is 9.21. The molecule has 1 fully saturated rings. The van der Waals surface area contributed by atoms with E-state index in [1.54, 1.807) is 0 Å². The highest BCUT2D eigenvalue weighted by Crippen LogP contribution is 2.44. The minimum absolute atomic E-state index is 0.0330. The largest absolute Gasteiger partial charge is 0.480 e. The van der Waals surface area contributed by atoms with Crippen molar-refractivity contribution in [1.82, 2.24) is 10.6 Å². The summed E-state index contributed by atoms with van der Waals surface area (Å²) in [6.45, 7) is 0.753. The Labute approximate surface area is 199 Å². The third kappa shape index (κ3) is 5.24. The zero-order chi connectivity index (χ0) is 24.0. The van der Waals surface area contributed by atoms with Gasteiger partial charge < -0.3 is 20.5 Å². The molecule has 0 heterocycles. The predicted octanol–water partition coefficient (Wildman–Crippen LogP) is 4.60. The maximum atomic E-state index is 12.2. The number of fused-ring (bicyclic) bond motifs is 3. The lowest BCUT2D eigenvalue weighted by Crippen LogP contribution is -2.52. The first-order valence-electron chi connectivity index (χ1n) is 12.1. The van der Waals surface area contributed by atoms with Crippen molar-refractivity contribution in [3.8, 4) is 11.1 Å². The molecule has 7 nitrogen and oxygen atoms in total. The molecular formula is C27H32N2O5. The number of hydrogen-bond acceptors (Lipinski definition) is 4. The second kappa shape index (κ2) is 10.7. The monoisotopic (exact) mass is 464 g/mol. The maximum Gasteiger partial charge on any atom is 0.407 e. The molecule has 2 aromatic carbocycles. The van der Waals surface area contributed by atoms with Gasteiger partial charge in [-0.2, -0.15) is 0 Å². The summed E-state index contributed by atoms with van der Waals surface area (Å²) < 4.78 is 5.52. The lowest BCUT2D eigenvalue weighted by atomic mass is 9.97. The van der Waals surface area contributed by atoms with E-state index in [9.17, 15) is 19.5 Å². The number of alkyl carbamates (subject to hydrolysis) is 1. The summed E-state index contributed by atoms with van der Waals surface area (Å²) in [6.07, 6.45) is 4.63. The third-order valence-electron chi connectivity index (χ3n) is 6.94. The maximum absolute atomic E-state index is 12.2. The Bertz CT molecular complexity index is 999. The minimum Gasteiger partial charge on any atom is -0.480 e. The van der Waals surface area contributed by atoms with Crippen LogP contribution >= 0.6 is 0 Å². The average Bonchev–Trinajstić information content (AvgIpc) is 3.44. The number of ether oxygens (including phenoxy) is 1. The number of benzene rings is 2. The van der Waals surface area contributed by atoms with Crippen LogP contribution in [0.2, 0.25) is 0 Å². The summed E-state index contributed by atoms with van der Waals surface area (Å²) in [6, 6.07) is 16.4. The molecular weight excluding hydrogens is 432 g/mol. The van der Waals surface area contributed by atoms with Gasteiger partial charge in [-0.15, -0.1) is 0 Å². The quantitative estimate of drug-likeness (QED) is 0.446. The molecule has 0 atom stereocenters. The first-order chi connectivity index (χ1) is 16.5. The Morgan fingerprint density at radius 2 is 1.53 bits per heavy atom. The van der Waals surface area contributed by atoms with Gasteiger partial charge >= 0.3 is 12.1 Å². The molecule has 0 bridgehead atoms. The molecule has 180 valence electrons. The van der Waals surface area contributed by atoms with Gasteiger partial charge in [-0.1, -0.05) is 67.8 Å². The molecule has 2 amide bonds. The number of carbonyl (C=O) groups is 3. The molecule has 3 N–H and O–H groups in total. The van der Waals surface area contributed by atoms with Crippen LogP contribution in [0.5, 0.6) is 0 Å². The number of unbranched alkanes of at least 4 members (excludes halogenated alkanes) is 2. The number of aliphatic carboxylic acids is 1. The molecule has 2 aliphatic carbocycles. The lowest BCUT2D eigenvalue weighted by molar-refractivity contribution is -0.147. The van der Waals surface area contributed by atoms with Crippen LogP contribution in [0.4, 0.5) is 4.79 Å². The summed E-state index contributed by atoms with van der Waals surface area (Å²) in [4.78, 5) is 35.9. The molecule has 34 heavy (non-hydrogen) atoms. The van der Waals surface area contributed by atoms with Crippen LogP contribution in [0, 0.1) is 0 Å². The summed E-state index contributed by atoms with van der Waals surface area (Å²) in [5, 5.41) is 15.0. The fourth-order valence-corrected chi connectivity index (χ4v) is 5.13. The van der Waals surface area contributed by atoms with Crippen molar-refractivity contribution in [1.29, 1.82) is 0 Å². The Hall–Kier alpha value is -3.35. The highest BCUT2D eigenvalue weighted by molar-refractivity contribution is 5.87. The SMILES string of the molecule is O=C(CCCCCNC(=O)OCC1c2ccccc2-c2ccccc21)NC1(C(=O)O)CCCC1.